The number of nitrogens with one attached hydrogen (secondary N) is 2. The molecule has 2 aromatic heterocycles. The van der Waals surface area contributed by atoms with Gasteiger partial charge in [-0.15, -0.1) is 37.2 Å². The molecule has 0 saturated carbocycles. The number of imidazole rings is 1. The summed E-state index contributed by atoms with van der Waals surface area (Å²) >= 11 is 0. The summed E-state index contributed by atoms with van der Waals surface area (Å²) in [5, 5.41) is 3.45. The number of nitrogens with two attached hydrogens (primary N) is 1. The van der Waals surface area contributed by atoms with Crippen molar-refractivity contribution in [2.75, 3.05) is 58.3 Å². The molecule has 1 fully saturated rings. The average Bonchev–Trinajstić information content (AvgIpc) is 3.04. The Hall–Kier alpha value is -1.30. The minimum Gasteiger partial charge on any atom is -0.463 e. The smallest absolute Gasteiger partial charge is 0.327 e. The second-order valence-electron chi connectivity index (χ2n) is 7.28. The molecular formula is C19H36Cl3N7O3. The standard InChI is InChI=1S/C19H33N7O3.3ClH/c1-2-3-12-29-18-23-16(20)15-17(24-18)26(19(27)22-15)9-5-7-21-6-4-8-25-10-13-28-14-11-25;;;/h21H,2-14H2,1H3,(H,22,27)(H2,20,23,24);3*1H. The molecule has 3 rings (SSSR count). The highest BCUT2D eigenvalue weighted by molar-refractivity contribution is 5.86. The van der Waals surface area contributed by atoms with E-state index in [1.54, 1.807) is 4.57 Å². The van der Waals surface area contributed by atoms with Crippen LogP contribution in [0.15, 0.2) is 4.79 Å². The van der Waals surface area contributed by atoms with Crippen LogP contribution in [0.5, 0.6) is 6.01 Å². The minimum absolute atomic E-state index is 0. The van der Waals surface area contributed by atoms with Crippen molar-refractivity contribution in [2.45, 2.75) is 39.2 Å². The van der Waals surface area contributed by atoms with Crippen LogP contribution < -0.4 is 21.5 Å². The molecule has 186 valence electrons. The molecule has 32 heavy (non-hydrogen) atoms. The van der Waals surface area contributed by atoms with Crippen LogP contribution in [-0.4, -0.2) is 77.0 Å². The number of aryl methyl sites for hydroxylation is 1. The maximum Gasteiger partial charge on any atom is 0.327 e. The molecule has 1 aliphatic heterocycles. The number of ether oxygens (including phenoxy) is 2. The van der Waals surface area contributed by atoms with Crippen molar-refractivity contribution >= 4 is 54.2 Å². The van der Waals surface area contributed by atoms with Crippen molar-refractivity contribution in [3.8, 4) is 6.01 Å². The van der Waals surface area contributed by atoms with Crippen LogP contribution in [-0.2, 0) is 11.3 Å². The average molecular weight is 517 g/mol. The quantitative estimate of drug-likeness (QED) is 0.365. The van der Waals surface area contributed by atoms with E-state index in [9.17, 15) is 4.79 Å². The lowest BCUT2D eigenvalue weighted by molar-refractivity contribution is 0.0374. The lowest BCUT2D eigenvalue weighted by atomic mass is 10.3. The number of H-pyrrole nitrogens is 1. The Morgan fingerprint density at radius 1 is 1.09 bits per heavy atom. The SMILES string of the molecule is CCCCOc1nc(N)c2[nH]c(=O)n(CCCNCCCN3CCOCC3)c2n1.Cl.Cl.Cl. The fraction of sp³-hybridized carbons (Fsp3) is 0.737. The molecule has 0 unspecified atom stereocenters. The summed E-state index contributed by atoms with van der Waals surface area (Å²) in [5.41, 5.74) is 6.72. The van der Waals surface area contributed by atoms with Gasteiger partial charge in [-0.05, 0) is 38.9 Å². The molecule has 13 heteroatoms. The zero-order valence-corrected chi connectivity index (χ0v) is 21.0. The van der Waals surface area contributed by atoms with Crippen LogP contribution >= 0.6 is 37.2 Å². The lowest BCUT2D eigenvalue weighted by Crippen LogP contribution is -2.37. The van der Waals surface area contributed by atoms with Gasteiger partial charge in [0.05, 0.1) is 19.8 Å². The minimum atomic E-state index is -0.223. The molecule has 0 radical (unpaired) electrons. The number of hydrogen-bond donors (Lipinski definition) is 3. The number of hydrogen-bond acceptors (Lipinski definition) is 8. The van der Waals surface area contributed by atoms with Crippen LogP contribution in [0.25, 0.3) is 11.2 Å². The number of aromatic nitrogens is 4. The van der Waals surface area contributed by atoms with Crippen LogP contribution in [0, 0.1) is 0 Å². The molecule has 0 atom stereocenters. The number of morpholine rings is 1. The van der Waals surface area contributed by atoms with E-state index in [4.69, 9.17) is 15.2 Å². The predicted molar refractivity (Wildman–Crippen MR) is 134 cm³/mol. The van der Waals surface area contributed by atoms with Crippen molar-refractivity contribution in [3.63, 3.8) is 0 Å². The van der Waals surface area contributed by atoms with Gasteiger partial charge < -0.3 is 25.5 Å². The highest BCUT2D eigenvalue weighted by Crippen LogP contribution is 2.18. The topological polar surface area (TPSA) is 123 Å². The summed E-state index contributed by atoms with van der Waals surface area (Å²) in [6.45, 7) is 9.80. The highest BCUT2D eigenvalue weighted by Gasteiger charge is 2.14. The van der Waals surface area contributed by atoms with Crippen LogP contribution in [0.3, 0.4) is 0 Å². The number of nitrogens with zero attached hydrogens (tertiary/aromatic N) is 4. The first-order chi connectivity index (χ1) is 14.2. The third-order valence-corrected chi connectivity index (χ3v) is 5.03. The van der Waals surface area contributed by atoms with Gasteiger partial charge in [0.25, 0.3) is 0 Å². The van der Waals surface area contributed by atoms with Gasteiger partial charge in [0.2, 0.25) is 0 Å². The number of aromatic amines is 1. The second-order valence-corrected chi connectivity index (χ2v) is 7.28. The third-order valence-electron chi connectivity index (χ3n) is 5.03. The van der Waals surface area contributed by atoms with Crippen molar-refractivity contribution in [1.29, 1.82) is 0 Å². The fourth-order valence-corrected chi connectivity index (χ4v) is 3.35. The third kappa shape index (κ3) is 8.92. The molecule has 0 aromatic carbocycles. The van der Waals surface area contributed by atoms with Crippen LogP contribution in [0.4, 0.5) is 5.82 Å². The van der Waals surface area contributed by atoms with E-state index in [1.807, 2.05) is 0 Å². The van der Waals surface area contributed by atoms with E-state index >= 15 is 0 Å². The summed E-state index contributed by atoms with van der Waals surface area (Å²) in [7, 11) is 0. The number of unbranched alkanes of at least 4 members (excludes halogenated alkanes) is 1. The molecule has 2 aromatic rings. The van der Waals surface area contributed by atoms with Crippen LogP contribution in [0.1, 0.15) is 32.6 Å². The van der Waals surface area contributed by atoms with Crippen LogP contribution in [0.2, 0.25) is 0 Å². The van der Waals surface area contributed by atoms with Gasteiger partial charge >= 0.3 is 11.7 Å². The van der Waals surface area contributed by atoms with Gasteiger partial charge in [-0.2, -0.15) is 9.97 Å². The molecule has 1 saturated heterocycles. The summed E-state index contributed by atoms with van der Waals surface area (Å²) in [5.74, 6) is 0.235. The molecule has 0 bridgehead atoms. The van der Waals surface area contributed by atoms with Gasteiger partial charge in [0, 0.05) is 19.6 Å². The van der Waals surface area contributed by atoms with Crippen molar-refractivity contribution in [3.05, 3.63) is 10.5 Å². The summed E-state index contributed by atoms with van der Waals surface area (Å²) < 4.78 is 12.5. The molecule has 10 nitrogen and oxygen atoms in total. The first kappa shape index (κ1) is 30.7. The second kappa shape index (κ2) is 16.3. The van der Waals surface area contributed by atoms with Gasteiger partial charge in [-0.1, -0.05) is 13.3 Å². The molecule has 3 heterocycles. The van der Waals surface area contributed by atoms with Gasteiger partial charge in [0.15, 0.2) is 11.5 Å². The molecule has 0 spiro atoms. The van der Waals surface area contributed by atoms with Gasteiger partial charge in [-0.3, -0.25) is 9.47 Å². The molecular weight excluding hydrogens is 481 g/mol. The lowest BCUT2D eigenvalue weighted by Gasteiger charge is -2.26. The number of fused-ring (bicyclic) bond motifs is 1. The monoisotopic (exact) mass is 515 g/mol. The predicted octanol–water partition coefficient (Wildman–Crippen LogP) is 1.85. The number of rotatable bonds is 12. The highest BCUT2D eigenvalue weighted by atomic mass is 35.5. The molecule has 1 aliphatic rings. The van der Waals surface area contributed by atoms with E-state index in [0.717, 1.165) is 71.6 Å². The normalized spacial score (nSPS) is 13.8. The van der Waals surface area contributed by atoms with E-state index < -0.39 is 0 Å². The fourth-order valence-electron chi connectivity index (χ4n) is 3.35. The maximum atomic E-state index is 12.3. The maximum absolute atomic E-state index is 12.3. The Labute approximate surface area is 207 Å². The summed E-state index contributed by atoms with van der Waals surface area (Å²) in [6.07, 6.45) is 3.86. The number of anilines is 1. The van der Waals surface area contributed by atoms with Crippen molar-refractivity contribution in [1.82, 2.24) is 29.7 Å². The summed E-state index contributed by atoms with van der Waals surface area (Å²) in [6, 6.07) is 0.220. The molecule has 4 N–H and O–H groups in total. The summed E-state index contributed by atoms with van der Waals surface area (Å²) in [4.78, 5) is 26.0. The zero-order valence-electron chi connectivity index (χ0n) is 18.5. The van der Waals surface area contributed by atoms with E-state index in [1.165, 1.54) is 0 Å². The Bertz CT molecular complexity index is 828. The number of nitrogen functional groups attached to an aromatic ring is 1. The number of halogens is 3. The zero-order chi connectivity index (χ0) is 20.5. The molecule has 0 aliphatic carbocycles. The van der Waals surface area contributed by atoms with Crippen molar-refractivity contribution in [2.24, 2.45) is 0 Å². The Kier molecular flexibility index (Phi) is 15.7. The van der Waals surface area contributed by atoms with E-state index in [2.05, 4.69) is 32.1 Å². The van der Waals surface area contributed by atoms with Crippen molar-refractivity contribution < 1.29 is 9.47 Å². The van der Waals surface area contributed by atoms with Gasteiger partial charge in [0.1, 0.15) is 5.52 Å². The Morgan fingerprint density at radius 3 is 2.47 bits per heavy atom. The van der Waals surface area contributed by atoms with E-state index in [-0.39, 0.29) is 54.7 Å². The van der Waals surface area contributed by atoms with E-state index in [0.29, 0.717) is 24.3 Å². The Morgan fingerprint density at radius 2 is 1.78 bits per heavy atom. The largest absolute Gasteiger partial charge is 0.463 e. The molecule has 0 amide bonds. The van der Waals surface area contributed by atoms with Gasteiger partial charge in [-0.25, -0.2) is 4.79 Å². The first-order valence-electron chi connectivity index (χ1n) is 10.6. The Balaban J connectivity index is 0.00000320. The first-order valence-corrected chi connectivity index (χ1v) is 10.6.